The zero-order valence-electron chi connectivity index (χ0n) is 10.8. The number of fused-ring (bicyclic) bond motifs is 1. The summed E-state index contributed by atoms with van der Waals surface area (Å²) in [5.41, 5.74) is 2.35. The van der Waals surface area contributed by atoms with Crippen LogP contribution in [0, 0.1) is 5.82 Å². The van der Waals surface area contributed by atoms with E-state index in [2.05, 4.69) is 6.07 Å². The van der Waals surface area contributed by atoms with E-state index in [1.807, 2.05) is 18.2 Å². The molecule has 0 fully saturated rings. The molecule has 0 bridgehead atoms. The van der Waals surface area contributed by atoms with Crippen molar-refractivity contribution in [2.24, 2.45) is 0 Å². The number of hydrogen-bond acceptors (Lipinski definition) is 2. The van der Waals surface area contributed by atoms with Gasteiger partial charge in [0.15, 0.2) is 0 Å². The third kappa shape index (κ3) is 2.25. The second kappa shape index (κ2) is 4.96. The highest BCUT2D eigenvalue weighted by molar-refractivity contribution is 5.96. The lowest BCUT2D eigenvalue weighted by Gasteiger charge is -2.29. The van der Waals surface area contributed by atoms with E-state index in [4.69, 9.17) is 0 Å². The Hall–Kier alpha value is -2.36. The second-order valence-corrected chi connectivity index (χ2v) is 4.91. The van der Waals surface area contributed by atoms with Crippen molar-refractivity contribution in [2.45, 2.75) is 13.0 Å². The summed E-state index contributed by atoms with van der Waals surface area (Å²) in [6, 6.07) is 11.4. The summed E-state index contributed by atoms with van der Waals surface area (Å²) >= 11 is 0. The van der Waals surface area contributed by atoms with Gasteiger partial charge >= 0.3 is 0 Å². The van der Waals surface area contributed by atoms with Crippen LogP contribution >= 0.6 is 0 Å². The summed E-state index contributed by atoms with van der Waals surface area (Å²) < 4.78 is 13.2. The van der Waals surface area contributed by atoms with Crippen molar-refractivity contribution < 1.29 is 14.3 Å². The van der Waals surface area contributed by atoms with Crippen LogP contribution in [0.25, 0.3) is 0 Å². The molecule has 3 nitrogen and oxygen atoms in total. The van der Waals surface area contributed by atoms with Gasteiger partial charge in [-0.3, -0.25) is 4.79 Å². The van der Waals surface area contributed by atoms with Gasteiger partial charge in [0.1, 0.15) is 11.6 Å². The predicted molar refractivity (Wildman–Crippen MR) is 73.0 cm³/mol. The summed E-state index contributed by atoms with van der Waals surface area (Å²) in [6.45, 7) is 1.07. The van der Waals surface area contributed by atoms with Gasteiger partial charge in [0, 0.05) is 13.1 Å². The molecule has 4 heteroatoms. The Morgan fingerprint density at radius 2 is 1.90 bits per heavy atom. The van der Waals surface area contributed by atoms with Crippen LogP contribution in [0.2, 0.25) is 0 Å². The van der Waals surface area contributed by atoms with E-state index >= 15 is 0 Å². The Morgan fingerprint density at radius 3 is 2.70 bits per heavy atom. The van der Waals surface area contributed by atoms with E-state index in [1.54, 1.807) is 4.90 Å². The fourth-order valence-corrected chi connectivity index (χ4v) is 2.52. The van der Waals surface area contributed by atoms with Crippen molar-refractivity contribution in [1.82, 2.24) is 4.90 Å². The molecule has 20 heavy (non-hydrogen) atoms. The average Bonchev–Trinajstić information content (AvgIpc) is 2.48. The van der Waals surface area contributed by atoms with E-state index < -0.39 is 5.82 Å². The molecule has 0 saturated heterocycles. The first-order valence-electron chi connectivity index (χ1n) is 6.50. The molecular formula is C16H14FNO2. The van der Waals surface area contributed by atoms with Crippen LogP contribution in [0.15, 0.2) is 42.5 Å². The van der Waals surface area contributed by atoms with Crippen molar-refractivity contribution in [3.63, 3.8) is 0 Å². The number of hydrogen-bond donors (Lipinski definition) is 1. The topological polar surface area (TPSA) is 40.5 Å². The monoisotopic (exact) mass is 271 g/mol. The molecule has 1 heterocycles. The first-order valence-corrected chi connectivity index (χ1v) is 6.50. The van der Waals surface area contributed by atoms with Crippen molar-refractivity contribution in [1.29, 1.82) is 0 Å². The van der Waals surface area contributed by atoms with Crippen LogP contribution < -0.4 is 0 Å². The van der Waals surface area contributed by atoms with E-state index in [0.29, 0.717) is 13.1 Å². The SMILES string of the molecule is O=C(c1cc(F)ccc1O)N1CCc2ccccc2C1. The van der Waals surface area contributed by atoms with Gasteiger partial charge in [0.2, 0.25) is 0 Å². The number of aromatic hydroxyl groups is 1. The smallest absolute Gasteiger partial charge is 0.258 e. The molecule has 2 aromatic carbocycles. The van der Waals surface area contributed by atoms with Gasteiger partial charge in [-0.25, -0.2) is 4.39 Å². The molecule has 1 amide bonds. The third-order valence-electron chi connectivity index (χ3n) is 3.61. The molecule has 102 valence electrons. The van der Waals surface area contributed by atoms with Crippen molar-refractivity contribution in [3.8, 4) is 5.75 Å². The Kier molecular flexibility index (Phi) is 3.14. The van der Waals surface area contributed by atoms with Crippen LogP contribution in [-0.2, 0) is 13.0 Å². The number of amides is 1. The van der Waals surface area contributed by atoms with Gasteiger partial charge in [-0.2, -0.15) is 0 Å². The zero-order chi connectivity index (χ0) is 14.1. The Bertz CT molecular complexity index is 669. The minimum absolute atomic E-state index is 0.0179. The quantitative estimate of drug-likeness (QED) is 0.866. The molecule has 0 radical (unpaired) electrons. The Labute approximate surface area is 116 Å². The first kappa shape index (κ1) is 12.7. The zero-order valence-corrected chi connectivity index (χ0v) is 10.8. The largest absolute Gasteiger partial charge is 0.507 e. The van der Waals surface area contributed by atoms with Crippen molar-refractivity contribution >= 4 is 5.91 Å². The highest BCUT2D eigenvalue weighted by Gasteiger charge is 2.23. The molecule has 2 aromatic rings. The van der Waals surface area contributed by atoms with Gasteiger partial charge in [-0.1, -0.05) is 24.3 Å². The van der Waals surface area contributed by atoms with Crippen LogP contribution in [-0.4, -0.2) is 22.5 Å². The molecular weight excluding hydrogens is 257 g/mol. The molecule has 0 unspecified atom stereocenters. The summed E-state index contributed by atoms with van der Waals surface area (Å²) in [5, 5.41) is 9.72. The maximum absolute atomic E-state index is 13.2. The maximum atomic E-state index is 13.2. The average molecular weight is 271 g/mol. The van der Waals surface area contributed by atoms with Crippen LogP contribution in [0.5, 0.6) is 5.75 Å². The summed E-state index contributed by atoms with van der Waals surface area (Å²) in [5.74, 6) is -1.05. The van der Waals surface area contributed by atoms with Gasteiger partial charge in [-0.05, 0) is 35.7 Å². The summed E-state index contributed by atoms with van der Waals surface area (Å²) in [7, 11) is 0. The molecule has 0 spiro atoms. The standard InChI is InChI=1S/C16H14FNO2/c17-13-5-6-15(19)14(9-13)16(20)18-8-7-11-3-1-2-4-12(11)10-18/h1-6,9,19H,7-8,10H2. The maximum Gasteiger partial charge on any atom is 0.258 e. The molecule has 1 aliphatic rings. The molecule has 0 aliphatic carbocycles. The number of carbonyl (C=O) groups is 1. The molecule has 0 saturated carbocycles. The number of halogens is 1. The lowest BCUT2D eigenvalue weighted by molar-refractivity contribution is 0.0731. The minimum Gasteiger partial charge on any atom is -0.507 e. The van der Waals surface area contributed by atoms with E-state index in [-0.39, 0.29) is 17.2 Å². The van der Waals surface area contributed by atoms with E-state index in [1.165, 1.54) is 11.6 Å². The molecule has 0 aromatic heterocycles. The molecule has 1 N–H and O–H groups in total. The van der Waals surface area contributed by atoms with Crippen LogP contribution in [0.3, 0.4) is 0 Å². The van der Waals surface area contributed by atoms with Gasteiger partial charge < -0.3 is 10.0 Å². The van der Waals surface area contributed by atoms with Crippen molar-refractivity contribution in [3.05, 3.63) is 65.0 Å². The van der Waals surface area contributed by atoms with Crippen LogP contribution in [0.4, 0.5) is 4.39 Å². The fourth-order valence-electron chi connectivity index (χ4n) is 2.52. The van der Waals surface area contributed by atoms with Crippen LogP contribution in [0.1, 0.15) is 21.5 Å². The number of phenolic OH excluding ortho intramolecular Hbond substituents is 1. The first-order chi connectivity index (χ1) is 9.65. The number of nitrogens with zero attached hydrogens (tertiary/aromatic N) is 1. The number of benzene rings is 2. The van der Waals surface area contributed by atoms with E-state index in [0.717, 1.165) is 24.1 Å². The lowest BCUT2D eigenvalue weighted by atomic mass is 9.99. The normalized spacial score (nSPS) is 13.9. The number of carbonyl (C=O) groups excluding carboxylic acids is 1. The van der Waals surface area contributed by atoms with E-state index in [9.17, 15) is 14.3 Å². The number of phenols is 1. The van der Waals surface area contributed by atoms with Crippen molar-refractivity contribution in [2.75, 3.05) is 6.54 Å². The molecule has 3 rings (SSSR count). The second-order valence-electron chi connectivity index (χ2n) is 4.91. The minimum atomic E-state index is -0.524. The summed E-state index contributed by atoms with van der Waals surface area (Å²) in [4.78, 5) is 14.0. The Morgan fingerprint density at radius 1 is 1.15 bits per heavy atom. The lowest BCUT2D eigenvalue weighted by Crippen LogP contribution is -2.36. The number of rotatable bonds is 1. The van der Waals surface area contributed by atoms with Gasteiger partial charge in [0.05, 0.1) is 5.56 Å². The third-order valence-corrected chi connectivity index (χ3v) is 3.61. The highest BCUT2D eigenvalue weighted by atomic mass is 19.1. The van der Waals surface area contributed by atoms with Gasteiger partial charge in [-0.15, -0.1) is 0 Å². The molecule has 0 atom stereocenters. The predicted octanol–water partition coefficient (Wildman–Crippen LogP) is 2.73. The fraction of sp³-hybridized carbons (Fsp3) is 0.188. The summed E-state index contributed by atoms with van der Waals surface area (Å²) in [6.07, 6.45) is 0.776. The Balaban J connectivity index is 1.88. The molecule has 1 aliphatic heterocycles. The highest BCUT2D eigenvalue weighted by Crippen LogP contribution is 2.24. The van der Waals surface area contributed by atoms with Gasteiger partial charge in [0.25, 0.3) is 5.91 Å².